The van der Waals surface area contributed by atoms with Crippen molar-refractivity contribution in [3.63, 3.8) is 0 Å². The molecular weight excluding hydrogens is 330 g/mol. The summed E-state index contributed by atoms with van der Waals surface area (Å²) in [5.74, 6) is -3.69. The van der Waals surface area contributed by atoms with Crippen molar-refractivity contribution >= 4 is 11.9 Å². The van der Waals surface area contributed by atoms with E-state index in [1.165, 1.54) is 26.4 Å². The zero-order valence-electron chi connectivity index (χ0n) is 14.2. The Kier molecular flexibility index (Phi) is 4.92. The Balaban J connectivity index is 2.80. The van der Waals surface area contributed by atoms with Gasteiger partial charge in [0.2, 0.25) is 5.75 Å². The average molecular weight is 349 g/mol. The summed E-state index contributed by atoms with van der Waals surface area (Å²) >= 11 is 0. The standard InChI is InChI=1S/C17H19NO7/c1-7-12(16(20)21)14(13(17(22)23)8(2)18-7)9-5-10(24-3)15(19)11(6-9)25-4/h5-6,14,18-19H,1-4H3,(H,20,21)(H,22,23). The van der Waals surface area contributed by atoms with Crippen molar-refractivity contribution < 1.29 is 34.4 Å². The molecule has 1 aromatic rings. The molecule has 8 heteroatoms. The van der Waals surface area contributed by atoms with Crippen molar-refractivity contribution in [2.75, 3.05) is 14.2 Å². The largest absolute Gasteiger partial charge is 0.502 e. The van der Waals surface area contributed by atoms with Crippen LogP contribution in [0, 0.1) is 0 Å². The van der Waals surface area contributed by atoms with E-state index in [9.17, 15) is 24.9 Å². The predicted octanol–water partition coefficient (Wildman–Crippen LogP) is 1.81. The molecule has 0 saturated carbocycles. The van der Waals surface area contributed by atoms with Gasteiger partial charge in [0.1, 0.15) is 0 Å². The number of phenolic OH excluding ortho intramolecular Hbond substituents is 1. The lowest BCUT2D eigenvalue weighted by Crippen LogP contribution is -2.31. The van der Waals surface area contributed by atoms with Gasteiger partial charge in [0.05, 0.1) is 31.3 Å². The van der Waals surface area contributed by atoms with Crippen LogP contribution in [0.4, 0.5) is 0 Å². The van der Waals surface area contributed by atoms with Gasteiger partial charge in [0, 0.05) is 11.4 Å². The van der Waals surface area contributed by atoms with Crippen molar-refractivity contribution in [3.8, 4) is 17.2 Å². The SMILES string of the molecule is COc1cc(C2C(C(=O)O)=C(C)NC(C)=C2C(=O)O)cc(OC)c1O. The molecule has 0 radical (unpaired) electrons. The van der Waals surface area contributed by atoms with E-state index < -0.39 is 17.9 Å². The van der Waals surface area contributed by atoms with Crippen LogP contribution in [0.1, 0.15) is 25.3 Å². The maximum absolute atomic E-state index is 11.8. The summed E-state index contributed by atoms with van der Waals surface area (Å²) in [6.07, 6.45) is 0. The summed E-state index contributed by atoms with van der Waals surface area (Å²) in [6.45, 7) is 3.13. The lowest BCUT2D eigenvalue weighted by Gasteiger charge is -2.29. The van der Waals surface area contributed by atoms with Crippen LogP contribution in [0.2, 0.25) is 0 Å². The number of rotatable bonds is 5. The highest BCUT2D eigenvalue weighted by molar-refractivity contribution is 5.98. The molecule has 1 aliphatic rings. The molecule has 25 heavy (non-hydrogen) atoms. The fourth-order valence-corrected chi connectivity index (χ4v) is 2.97. The molecule has 0 aromatic heterocycles. The number of phenols is 1. The van der Waals surface area contributed by atoms with E-state index in [0.29, 0.717) is 17.0 Å². The molecule has 8 nitrogen and oxygen atoms in total. The second-order valence-electron chi connectivity index (χ2n) is 5.52. The molecule has 2 rings (SSSR count). The molecule has 0 fully saturated rings. The van der Waals surface area contributed by atoms with E-state index in [1.807, 2.05) is 0 Å². The molecule has 0 bridgehead atoms. The summed E-state index contributed by atoms with van der Waals surface area (Å²) < 4.78 is 10.2. The van der Waals surface area contributed by atoms with E-state index in [2.05, 4.69) is 5.32 Å². The Morgan fingerprint density at radius 2 is 1.36 bits per heavy atom. The quantitative estimate of drug-likeness (QED) is 0.634. The van der Waals surface area contributed by atoms with Gasteiger partial charge in [-0.25, -0.2) is 9.59 Å². The van der Waals surface area contributed by atoms with Crippen molar-refractivity contribution in [1.29, 1.82) is 0 Å². The molecule has 134 valence electrons. The number of nitrogens with one attached hydrogen (secondary N) is 1. The van der Waals surface area contributed by atoms with Gasteiger partial charge in [0.15, 0.2) is 11.5 Å². The summed E-state index contributed by atoms with van der Waals surface area (Å²) in [5, 5.41) is 32.1. The minimum absolute atomic E-state index is 0.0534. The van der Waals surface area contributed by atoms with Gasteiger partial charge in [-0.15, -0.1) is 0 Å². The molecule has 4 N–H and O–H groups in total. The smallest absolute Gasteiger partial charge is 0.334 e. The molecule has 0 amide bonds. The van der Waals surface area contributed by atoms with Gasteiger partial charge < -0.3 is 30.1 Å². The topological polar surface area (TPSA) is 125 Å². The average Bonchev–Trinajstić information content (AvgIpc) is 2.53. The molecule has 1 heterocycles. The van der Waals surface area contributed by atoms with E-state index in [-0.39, 0.29) is 28.4 Å². The molecule has 0 saturated heterocycles. The molecule has 0 spiro atoms. The van der Waals surface area contributed by atoms with Crippen LogP contribution in [0.3, 0.4) is 0 Å². The number of allylic oxidation sites excluding steroid dienone is 2. The van der Waals surface area contributed by atoms with Crippen molar-refractivity contribution in [2.45, 2.75) is 19.8 Å². The Morgan fingerprint density at radius 3 is 1.68 bits per heavy atom. The Labute approximate surface area is 144 Å². The highest BCUT2D eigenvalue weighted by Gasteiger charge is 2.37. The first-order valence-electron chi connectivity index (χ1n) is 7.32. The first kappa shape index (κ1) is 18.2. The van der Waals surface area contributed by atoms with Crippen LogP contribution in [-0.4, -0.2) is 41.5 Å². The van der Waals surface area contributed by atoms with Crippen LogP contribution in [0.25, 0.3) is 0 Å². The van der Waals surface area contributed by atoms with Crippen molar-refractivity contribution in [2.24, 2.45) is 0 Å². The van der Waals surface area contributed by atoms with Gasteiger partial charge in [-0.1, -0.05) is 0 Å². The zero-order chi connectivity index (χ0) is 18.9. The Morgan fingerprint density at radius 1 is 0.960 bits per heavy atom. The van der Waals surface area contributed by atoms with Crippen molar-refractivity contribution in [1.82, 2.24) is 5.32 Å². The normalized spacial score (nSPS) is 15.0. The third kappa shape index (κ3) is 3.10. The van der Waals surface area contributed by atoms with E-state index in [4.69, 9.17) is 9.47 Å². The number of benzene rings is 1. The first-order chi connectivity index (χ1) is 11.7. The van der Waals surface area contributed by atoms with Gasteiger partial charge in [-0.3, -0.25) is 0 Å². The highest BCUT2D eigenvalue weighted by atomic mass is 16.5. The van der Waals surface area contributed by atoms with Crippen LogP contribution in [0.5, 0.6) is 17.2 Å². The van der Waals surface area contributed by atoms with Gasteiger partial charge in [-0.2, -0.15) is 0 Å². The van der Waals surface area contributed by atoms with E-state index >= 15 is 0 Å². The number of hydrogen-bond donors (Lipinski definition) is 4. The summed E-state index contributed by atoms with van der Waals surface area (Å²) in [5.41, 5.74) is 0.800. The third-order valence-electron chi connectivity index (χ3n) is 4.06. The lowest BCUT2D eigenvalue weighted by molar-refractivity contribution is -0.133. The summed E-state index contributed by atoms with van der Waals surface area (Å²) in [6, 6.07) is 2.81. The van der Waals surface area contributed by atoms with E-state index in [0.717, 1.165) is 0 Å². The van der Waals surface area contributed by atoms with E-state index in [1.54, 1.807) is 13.8 Å². The molecule has 1 aromatic carbocycles. The van der Waals surface area contributed by atoms with Crippen molar-refractivity contribution in [3.05, 3.63) is 40.2 Å². The molecule has 1 aliphatic heterocycles. The second kappa shape index (κ2) is 6.76. The number of aromatic hydroxyl groups is 1. The maximum Gasteiger partial charge on any atom is 0.334 e. The fraction of sp³-hybridized carbons (Fsp3) is 0.294. The highest BCUT2D eigenvalue weighted by Crippen LogP contribution is 2.44. The van der Waals surface area contributed by atoms with Gasteiger partial charge in [0.25, 0.3) is 0 Å². The minimum atomic E-state index is -1.24. The number of ether oxygens (including phenoxy) is 2. The molecule has 0 atom stereocenters. The first-order valence-corrected chi connectivity index (χ1v) is 7.32. The number of carbonyl (C=O) groups is 2. The molecule has 0 aliphatic carbocycles. The Hall–Kier alpha value is -3.16. The molecule has 0 unspecified atom stereocenters. The van der Waals surface area contributed by atoms with Crippen LogP contribution >= 0.6 is 0 Å². The fourth-order valence-electron chi connectivity index (χ4n) is 2.97. The summed E-state index contributed by atoms with van der Waals surface area (Å²) in [4.78, 5) is 23.5. The Bertz CT molecular complexity index is 746. The number of aliphatic carboxylic acids is 2. The number of dihydropyridines is 1. The summed E-state index contributed by atoms with van der Waals surface area (Å²) in [7, 11) is 2.66. The predicted molar refractivity (Wildman–Crippen MR) is 87.8 cm³/mol. The molecular formula is C17H19NO7. The maximum atomic E-state index is 11.8. The van der Waals surface area contributed by atoms with Crippen LogP contribution in [0.15, 0.2) is 34.7 Å². The van der Waals surface area contributed by atoms with Gasteiger partial charge in [-0.05, 0) is 31.5 Å². The number of carboxylic acid groups (broad SMARTS) is 2. The van der Waals surface area contributed by atoms with Crippen LogP contribution < -0.4 is 14.8 Å². The van der Waals surface area contributed by atoms with Gasteiger partial charge >= 0.3 is 11.9 Å². The number of hydrogen-bond acceptors (Lipinski definition) is 6. The number of methoxy groups -OCH3 is 2. The monoisotopic (exact) mass is 349 g/mol. The van der Waals surface area contributed by atoms with Crippen LogP contribution in [-0.2, 0) is 9.59 Å². The third-order valence-corrected chi connectivity index (χ3v) is 4.06. The number of carboxylic acids is 2. The lowest BCUT2D eigenvalue weighted by atomic mass is 9.80. The minimum Gasteiger partial charge on any atom is -0.502 e. The zero-order valence-corrected chi connectivity index (χ0v) is 14.2. The second-order valence-corrected chi connectivity index (χ2v) is 5.52.